The summed E-state index contributed by atoms with van der Waals surface area (Å²) in [5.41, 5.74) is 8.43. The summed E-state index contributed by atoms with van der Waals surface area (Å²) in [5, 5.41) is 9.72. The molecule has 1 heterocycles. The van der Waals surface area contributed by atoms with Crippen LogP contribution in [0.25, 0.3) is 17.0 Å². The van der Waals surface area contributed by atoms with Crippen LogP contribution < -0.4 is 10.6 Å². The Labute approximate surface area is 258 Å². The average Bonchev–Trinajstić information content (AvgIpc) is 2.90. The number of carboxylic acids is 1. The molecule has 1 aromatic heterocycles. The molecule has 3 N–H and O–H groups in total. The Bertz CT molecular complexity index is 1800. The normalized spacial score (nSPS) is 14.6. The summed E-state index contributed by atoms with van der Waals surface area (Å²) in [5.74, 6) is -0.687. The van der Waals surface area contributed by atoms with Crippen molar-refractivity contribution in [2.75, 3.05) is 29.5 Å². The van der Waals surface area contributed by atoms with E-state index in [1.54, 1.807) is 25.1 Å². The maximum absolute atomic E-state index is 13.2. The summed E-state index contributed by atoms with van der Waals surface area (Å²) in [6.07, 6.45) is 3.97. The predicted molar refractivity (Wildman–Crippen MR) is 168 cm³/mol. The number of carboxylic acid groups (broad SMARTS) is 1. The second-order valence-electron chi connectivity index (χ2n) is 11.7. The topological polar surface area (TPSA) is 178 Å². The zero-order valence-corrected chi connectivity index (χ0v) is 26.7. The van der Waals surface area contributed by atoms with Gasteiger partial charge in [-0.3, -0.25) is 4.79 Å². The minimum Gasteiger partial charge on any atom is -0.748 e. The highest BCUT2D eigenvalue weighted by atomic mass is 32.2. The molecule has 0 saturated carbocycles. The first-order chi connectivity index (χ1) is 20.6. The lowest BCUT2D eigenvalue weighted by molar-refractivity contribution is -0.137. The molecule has 0 atom stereocenters. The fourth-order valence-corrected chi connectivity index (χ4v) is 7.00. The van der Waals surface area contributed by atoms with Gasteiger partial charge < -0.3 is 24.5 Å². The summed E-state index contributed by atoms with van der Waals surface area (Å²) in [6, 6.07) is 12.3. The fraction of sp³-hybridized carbons (Fsp3) is 0.419. The van der Waals surface area contributed by atoms with Crippen molar-refractivity contribution in [1.29, 1.82) is 0 Å². The molecule has 238 valence electrons. The molecule has 1 aliphatic carbocycles. The van der Waals surface area contributed by atoms with E-state index < -0.39 is 37.4 Å². The summed E-state index contributed by atoms with van der Waals surface area (Å²) in [4.78, 5) is 12.7. The molecule has 2 aromatic carbocycles. The highest BCUT2D eigenvalue weighted by molar-refractivity contribution is 7.87. The quantitative estimate of drug-likeness (QED) is 0.0751. The first kappa shape index (κ1) is 33.2. The van der Waals surface area contributed by atoms with Crippen molar-refractivity contribution in [3.63, 3.8) is 0 Å². The molecule has 0 aliphatic heterocycles. The summed E-state index contributed by atoms with van der Waals surface area (Å²) < 4.78 is 71.8. The lowest BCUT2D eigenvalue weighted by atomic mass is 9.77. The van der Waals surface area contributed by atoms with Crippen molar-refractivity contribution in [3.8, 4) is 0 Å². The van der Waals surface area contributed by atoms with Crippen molar-refractivity contribution >= 4 is 54.6 Å². The van der Waals surface area contributed by atoms with Crippen LogP contribution in [0.3, 0.4) is 0 Å². The van der Waals surface area contributed by atoms with E-state index in [0.717, 1.165) is 16.6 Å². The molecule has 1 aliphatic rings. The molecule has 44 heavy (non-hydrogen) atoms. The maximum atomic E-state index is 13.2. The Balaban J connectivity index is 1.64. The lowest BCUT2D eigenvalue weighted by Crippen LogP contribution is -2.27. The van der Waals surface area contributed by atoms with Gasteiger partial charge >= 0.3 is 27.4 Å². The van der Waals surface area contributed by atoms with Crippen LogP contribution in [0.4, 0.5) is 11.4 Å². The van der Waals surface area contributed by atoms with Crippen LogP contribution in [-0.4, -0.2) is 51.3 Å². The van der Waals surface area contributed by atoms with E-state index in [1.807, 2.05) is 43.0 Å². The van der Waals surface area contributed by atoms with Crippen molar-refractivity contribution in [3.05, 3.63) is 65.1 Å². The number of rotatable bonds is 14. The molecule has 0 radical (unpaired) electrons. The van der Waals surface area contributed by atoms with E-state index in [4.69, 9.17) is 19.4 Å². The zero-order chi connectivity index (χ0) is 32.3. The Hall–Kier alpha value is -3.68. The van der Waals surface area contributed by atoms with Crippen LogP contribution in [0.15, 0.2) is 57.5 Å². The van der Waals surface area contributed by atoms with E-state index in [2.05, 4.69) is 0 Å². The number of unbranched alkanes of at least 4 members (excludes halogenated alkanes) is 2. The molecule has 0 unspecified atom stereocenters. The van der Waals surface area contributed by atoms with Crippen molar-refractivity contribution in [2.24, 2.45) is 0 Å². The Morgan fingerprint density at radius 2 is 1.80 bits per heavy atom. The second kappa shape index (κ2) is 13.1. The monoisotopic (exact) mass is 646 g/mol. The van der Waals surface area contributed by atoms with E-state index in [0.29, 0.717) is 55.7 Å². The van der Waals surface area contributed by atoms with Crippen LogP contribution in [-0.2, 0) is 34.6 Å². The number of nitrogens with two attached hydrogens (primary N) is 1. The molecule has 0 amide bonds. The molecular formula is C31H38N2O9S2. The van der Waals surface area contributed by atoms with Gasteiger partial charge in [-0.2, -0.15) is 8.42 Å². The van der Waals surface area contributed by atoms with Crippen LogP contribution in [0.1, 0.15) is 69.3 Å². The molecule has 11 nitrogen and oxygen atoms in total. The van der Waals surface area contributed by atoms with Crippen LogP contribution in [0.5, 0.6) is 0 Å². The fourth-order valence-electron chi connectivity index (χ4n) is 5.36. The number of hydrogen-bond acceptors (Lipinski definition) is 9. The molecule has 4 rings (SSSR count). The molecule has 0 bridgehead atoms. The van der Waals surface area contributed by atoms with Crippen LogP contribution >= 0.6 is 0 Å². The number of anilines is 2. The molecule has 0 saturated heterocycles. The first-order valence-electron chi connectivity index (χ1n) is 14.4. The van der Waals surface area contributed by atoms with Gasteiger partial charge in [0.2, 0.25) is 0 Å². The SMILES string of the molecule is Cc1cccc(S(=O)(=O)OC2=Cc3[o+]c4cc(N(CCCCCC(=O)O)CCCS(=O)(=O)[O-])ccc4cc3C(C)(C)C2)c1N. The van der Waals surface area contributed by atoms with Crippen LogP contribution in [0, 0.1) is 6.92 Å². The standard InChI is InChI=1S/C31H38N2O9S2/c1-21-9-7-10-28(30(21)32)44(39,40)42-24-19-27-25(31(2,3)20-24)17-22-12-13-23(18-26(22)41-27)33(15-8-16-43(36,37)38)14-6-4-5-11-29(34)35/h7,9-10,12-13,17-19H,4-6,8,11,14-16,20,32H2,1-3H3,(H-,34,35,36,37,38). The maximum Gasteiger partial charge on any atom is 0.362 e. The van der Waals surface area contributed by atoms with Crippen molar-refractivity contribution in [2.45, 2.75) is 69.6 Å². The number of carbonyl (C=O) groups is 1. The lowest BCUT2D eigenvalue weighted by Gasteiger charge is -2.28. The van der Waals surface area contributed by atoms with Crippen LogP contribution in [0.2, 0.25) is 0 Å². The number of hydrogen-bond donors (Lipinski definition) is 2. The highest BCUT2D eigenvalue weighted by Gasteiger charge is 2.38. The van der Waals surface area contributed by atoms with Gasteiger partial charge in [0.05, 0.1) is 38.9 Å². The van der Waals surface area contributed by atoms with Gasteiger partial charge in [-0.1, -0.05) is 32.4 Å². The molecule has 13 heteroatoms. The van der Waals surface area contributed by atoms with E-state index in [-0.39, 0.29) is 29.2 Å². The largest absolute Gasteiger partial charge is 0.748 e. The predicted octanol–water partition coefficient (Wildman–Crippen LogP) is 5.42. The van der Waals surface area contributed by atoms with Gasteiger partial charge in [0, 0.05) is 42.8 Å². The minimum atomic E-state index is -4.37. The zero-order valence-electron chi connectivity index (χ0n) is 25.0. The number of nitrogen functional groups attached to an aromatic ring is 1. The second-order valence-corrected chi connectivity index (χ2v) is 14.8. The average molecular weight is 647 g/mol. The molecule has 0 spiro atoms. The molecule has 3 aromatic rings. The van der Waals surface area contributed by atoms with Crippen molar-refractivity contribution in [1.82, 2.24) is 0 Å². The van der Waals surface area contributed by atoms with Gasteiger partial charge in [0.25, 0.3) is 0 Å². The number of fused-ring (bicyclic) bond motifs is 2. The third-order valence-electron chi connectivity index (χ3n) is 7.70. The van der Waals surface area contributed by atoms with Gasteiger partial charge in [-0.05, 0) is 56.0 Å². The van der Waals surface area contributed by atoms with Crippen molar-refractivity contribution < 1.29 is 39.9 Å². The smallest absolute Gasteiger partial charge is 0.362 e. The third-order valence-corrected chi connectivity index (χ3v) is 9.81. The Morgan fingerprint density at radius 3 is 2.50 bits per heavy atom. The number of aliphatic carboxylic acids is 1. The van der Waals surface area contributed by atoms with E-state index >= 15 is 0 Å². The highest BCUT2D eigenvalue weighted by Crippen LogP contribution is 2.42. The van der Waals surface area contributed by atoms with Gasteiger partial charge in [-0.25, -0.2) is 12.8 Å². The number of para-hydroxylation sites is 1. The Kier molecular flexibility index (Phi) is 9.91. The number of nitrogens with zero attached hydrogens (tertiary/aromatic N) is 1. The van der Waals surface area contributed by atoms with Gasteiger partial charge in [0.15, 0.2) is 0 Å². The van der Waals surface area contributed by atoms with E-state index in [9.17, 15) is 26.2 Å². The first-order valence-corrected chi connectivity index (χ1v) is 17.4. The summed E-state index contributed by atoms with van der Waals surface area (Å²) in [7, 11) is -8.57. The number of aryl methyl sites for hydroxylation is 1. The summed E-state index contributed by atoms with van der Waals surface area (Å²) >= 11 is 0. The van der Waals surface area contributed by atoms with E-state index in [1.165, 1.54) is 6.07 Å². The molecule has 0 fully saturated rings. The minimum absolute atomic E-state index is 0.0730. The summed E-state index contributed by atoms with van der Waals surface area (Å²) in [6.45, 7) is 6.50. The van der Waals surface area contributed by atoms with Gasteiger partial charge in [-0.15, -0.1) is 0 Å². The number of allylic oxidation sites excluding steroid dienone is 1. The molecular weight excluding hydrogens is 608 g/mol. The Morgan fingerprint density at radius 1 is 1.07 bits per heavy atom. The van der Waals surface area contributed by atoms with Gasteiger partial charge in [0.1, 0.15) is 10.7 Å². The third kappa shape index (κ3) is 8.27. The number of benzene rings is 2.